The van der Waals surface area contributed by atoms with Crippen LogP contribution in [0.5, 0.6) is 5.75 Å². The van der Waals surface area contributed by atoms with E-state index in [4.69, 9.17) is 4.74 Å². The normalized spacial score (nSPS) is 11.0. The highest BCUT2D eigenvalue weighted by Crippen LogP contribution is 2.24. The lowest BCUT2D eigenvalue weighted by Crippen LogP contribution is -2.04. The summed E-state index contributed by atoms with van der Waals surface area (Å²) in [4.78, 5) is 16.4. The summed E-state index contributed by atoms with van der Waals surface area (Å²) in [5.41, 5.74) is 2.07. The minimum atomic E-state index is -0.537. The molecule has 0 aliphatic heterocycles. The predicted octanol–water partition coefficient (Wildman–Crippen LogP) is 4.30. The van der Waals surface area contributed by atoms with Crippen LogP contribution in [0.4, 0.5) is 4.39 Å². The number of hydrogen-bond acceptors (Lipinski definition) is 3. The van der Waals surface area contributed by atoms with Crippen molar-refractivity contribution in [3.05, 3.63) is 77.7 Å². The highest BCUT2D eigenvalue weighted by atomic mass is 19.1. The molecule has 0 atom stereocenters. The van der Waals surface area contributed by atoms with Crippen molar-refractivity contribution >= 4 is 22.9 Å². The van der Waals surface area contributed by atoms with E-state index in [0.717, 1.165) is 11.1 Å². The Labute approximate surface area is 133 Å². The quantitative estimate of drug-likeness (QED) is 0.411. The number of hydrogen-bond donors (Lipinski definition) is 0. The van der Waals surface area contributed by atoms with Crippen LogP contribution >= 0.6 is 0 Å². The summed E-state index contributed by atoms with van der Waals surface area (Å²) in [5, 5.41) is 0.898. The second kappa shape index (κ2) is 6.40. The molecule has 3 rings (SSSR count). The molecule has 114 valence electrons. The lowest BCUT2D eigenvalue weighted by Gasteiger charge is -2.06. The first-order chi connectivity index (χ1) is 11.1. The van der Waals surface area contributed by atoms with E-state index in [1.54, 1.807) is 24.3 Å². The Balaban J connectivity index is 1.82. The zero-order chi connectivity index (χ0) is 16.2. The van der Waals surface area contributed by atoms with E-state index in [1.165, 1.54) is 24.3 Å². The molecular weight excluding hydrogens is 293 g/mol. The number of halogens is 1. The first-order valence-electron chi connectivity index (χ1n) is 7.14. The van der Waals surface area contributed by atoms with Crippen LogP contribution in [0.3, 0.4) is 0 Å². The second-order valence-electron chi connectivity index (χ2n) is 5.09. The van der Waals surface area contributed by atoms with Gasteiger partial charge in [0.25, 0.3) is 0 Å². The van der Waals surface area contributed by atoms with Gasteiger partial charge in [-0.25, -0.2) is 14.2 Å². The monoisotopic (exact) mass is 307 g/mol. The lowest BCUT2D eigenvalue weighted by molar-refractivity contribution is -0.128. The Kier molecular flexibility index (Phi) is 4.15. The van der Waals surface area contributed by atoms with Crippen LogP contribution in [0.25, 0.3) is 17.0 Å². The van der Waals surface area contributed by atoms with Gasteiger partial charge in [-0.1, -0.05) is 30.3 Å². The van der Waals surface area contributed by atoms with Crippen molar-refractivity contribution in [1.82, 2.24) is 4.98 Å². The maximum Gasteiger partial charge on any atom is 0.336 e. The zero-order valence-corrected chi connectivity index (χ0v) is 12.5. The average Bonchev–Trinajstić information content (AvgIpc) is 2.54. The van der Waals surface area contributed by atoms with Crippen LogP contribution < -0.4 is 4.74 Å². The molecule has 0 saturated carbocycles. The predicted molar refractivity (Wildman–Crippen MR) is 87.5 cm³/mol. The van der Waals surface area contributed by atoms with Crippen molar-refractivity contribution in [2.75, 3.05) is 0 Å². The highest BCUT2D eigenvalue weighted by Gasteiger charge is 2.07. The third-order valence-corrected chi connectivity index (χ3v) is 3.29. The van der Waals surface area contributed by atoms with Gasteiger partial charge in [0.05, 0.1) is 0 Å². The number of ether oxygens (including phenoxy) is 1. The standard InChI is InChI=1S/C19H14FNO2/c1-13-8-10-15-5-3-7-17(19(15)21-13)23-18(22)11-9-14-4-2-6-16(20)12-14/h2-12H,1H3/b11-9+. The minimum Gasteiger partial charge on any atom is -0.421 e. The molecule has 0 aliphatic carbocycles. The molecule has 1 heterocycles. The van der Waals surface area contributed by atoms with E-state index in [1.807, 2.05) is 25.1 Å². The van der Waals surface area contributed by atoms with Crippen LogP contribution in [0.1, 0.15) is 11.3 Å². The van der Waals surface area contributed by atoms with Crippen molar-refractivity contribution in [3.63, 3.8) is 0 Å². The Bertz CT molecular complexity index is 903. The summed E-state index contributed by atoms with van der Waals surface area (Å²) < 4.78 is 18.4. The summed E-state index contributed by atoms with van der Waals surface area (Å²) in [7, 11) is 0. The molecule has 3 nitrogen and oxygen atoms in total. The highest BCUT2D eigenvalue weighted by molar-refractivity contribution is 5.92. The number of carbonyl (C=O) groups excluding carboxylic acids is 1. The molecule has 0 unspecified atom stereocenters. The summed E-state index contributed by atoms with van der Waals surface area (Å²) in [6.07, 6.45) is 2.78. The third-order valence-electron chi connectivity index (χ3n) is 3.29. The van der Waals surface area contributed by atoms with Gasteiger partial charge in [-0.3, -0.25) is 0 Å². The van der Waals surface area contributed by atoms with E-state index in [0.29, 0.717) is 16.8 Å². The van der Waals surface area contributed by atoms with Crippen molar-refractivity contribution in [2.45, 2.75) is 6.92 Å². The Morgan fingerprint density at radius 3 is 2.78 bits per heavy atom. The number of aryl methyl sites for hydroxylation is 1. The number of benzene rings is 2. The van der Waals surface area contributed by atoms with Crippen molar-refractivity contribution in [1.29, 1.82) is 0 Å². The van der Waals surface area contributed by atoms with E-state index in [9.17, 15) is 9.18 Å². The van der Waals surface area contributed by atoms with Crippen LogP contribution in [-0.2, 0) is 4.79 Å². The Hall–Kier alpha value is -3.01. The van der Waals surface area contributed by atoms with Gasteiger partial charge in [-0.2, -0.15) is 0 Å². The first-order valence-corrected chi connectivity index (χ1v) is 7.14. The fraction of sp³-hybridized carbons (Fsp3) is 0.0526. The molecule has 0 radical (unpaired) electrons. The van der Waals surface area contributed by atoms with Gasteiger partial charge in [0.2, 0.25) is 0 Å². The topological polar surface area (TPSA) is 39.2 Å². The molecule has 4 heteroatoms. The van der Waals surface area contributed by atoms with Gasteiger partial charge < -0.3 is 4.74 Å². The SMILES string of the molecule is Cc1ccc2cccc(OC(=O)/C=C/c3cccc(F)c3)c2n1. The van der Waals surface area contributed by atoms with Gasteiger partial charge in [0, 0.05) is 17.2 Å². The molecule has 0 fully saturated rings. The number of pyridine rings is 1. The fourth-order valence-corrected chi connectivity index (χ4v) is 2.22. The maximum atomic E-state index is 13.1. The fourth-order valence-electron chi connectivity index (χ4n) is 2.22. The summed E-state index contributed by atoms with van der Waals surface area (Å²) >= 11 is 0. The first kappa shape index (κ1) is 14.9. The van der Waals surface area contributed by atoms with Gasteiger partial charge in [-0.15, -0.1) is 0 Å². The number of carbonyl (C=O) groups is 1. The van der Waals surface area contributed by atoms with E-state index in [-0.39, 0.29) is 5.82 Å². The van der Waals surface area contributed by atoms with Crippen LogP contribution in [0.15, 0.2) is 60.7 Å². The summed E-state index contributed by atoms with van der Waals surface area (Å²) in [6.45, 7) is 1.88. The molecular formula is C19H14FNO2. The largest absolute Gasteiger partial charge is 0.421 e. The molecule has 23 heavy (non-hydrogen) atoms. The van der Waals surface area contributed by atoms with Gasteiger partial charge in [0.15, 0.2) is 5.75 Å². The van der Waals surface area contributed by atoms with E-state index >= 15 is 0 Å². The molecule has 3 aromatic rings. The number of nitrogens with zero attached hydrogens (tertiary/aromatic N) is 1. The molecule has 0 bridgehead atoms. The number of para-hydroxylation sites is 1. The number of fused-ring (bicyclic) bond motifs is 1. The second-order valence-corrected chi connectivity index (χ2v) is 5.09. The molecule has 0 spiro atoms. The van der Waals surface area contributed by atoms with Crippen molar-refractivity contribution < 1.29 is 13.9 Å². The van der Waals surface area contributed by atoms with Crippen LogP contribution in [-0.4, -0.2) is 11.0 Å². The van der Waals surface area contributed by atoms with Crippen molar-refractivity contribution in [3.8, 4) is 5.75 Å². The average molecular weight is 307 g/mol. The zero-order valence-electron chi connectivity index (χ0n) is 12.5. The van der Waals surface area contributed by atoms with Gasteiger partial charge >= 0.3 is 5.97 Å². The molecule has 0 amide bonds. The van der Waals surface area contributed by atoms with Crippen LogP contribution in [0.2, 0.25) is 0 Å². The molecule has 0 aliphatic rings. The molecule has 0 saturated heterocycles. The van der Waals surface area contributed by atoms with E-state index in [2.05, 4.69) is 4.98 Å². The summed E-state index contributed by atoms with van der Waals surface area (Å²) in [6, 6.07) is 15.2. The maximum absolute atomic E-state index is 13.1. The third kappa shape index (κ3) is 3.61. The Morgan fingerprint density at radius 2 is 1.96 bits per heavy atom. The number of aromatic nitrogens is 1. The van der Waals surface area contributed by atoms with Gasteiger partial charge in [0.1, 0.15) is 11.3 Å². The smallest absolute Gasteiger partial charge is 0.336 e. The molecule has 0 N–H and O–H groups in total. The summed E-state index contributed by atoms with van der Waals surface area (Å²) in [5.74, 6) is -0.487. The minimum absolute atomic E-state index is 0.353. The Morgan fingerprint density at radius 1 is 1.13 bits per heavy atom. The molecule has 1 aromatic heterocycles. The van der Waals surface area contributed by atoms with Gasteiger partial charge in [-0.05, 0) is 42.8 Å². The van der Waals surface area contributed by atoms with E-state index < -0.39 is 5.97 Å². The van der Waals surface area contributed by atoms with Crippen LogP contribution in [0, 0.1) is 12.7 Å². The number of rotatable bonds is 3. The molecule has 2 aromatic carbocycles. The lowest BCUT2D eigenvalue weighted by atomic mass is 10.2. The number of esters is 1. The van der Waals surface area contributed by atoms with Crippen molar-refractivity contribution in [2.24, 2.45) is 0 Å².